The van der Waals surface area contributed by atoms with Gasteiger partial charge in [0.05, 0.1) is 5.69 Å². The van der Waals surface area contributed by atoms with Crippen molar-refractivity contribution < 1.29 is 14.1 Å². The number of aromatic nitrogens is 1. The van der Waals surface area contributed by atoms with Crippen molar-refractivity contribution in [1.29, 1.82) is 0 Å². The zero-order chi connectivity index (χ0) is 18.7. The second kappa shape index (κ2) is 7.59. The predicted octanol–water partition coefficient (Wildman–Crippen LogP) is 2.45. The molecule has 2 amide bonds. The lowest BCUT2D eigenvalue weighted by Gasteiger charge is -2.20. The molecule has 0 aliphatic carbocycles. The Morgan fingerprint density at radius 2 is 1.88 bits per heavy atom. The van der Waals surface area contributed by atoms with Crippen LogP contribution in [0.1, 0.15) is 35.4 Å². The minimum atomic E-state index is -0.690. The number of benzene rings is 1. The summed E-state index contributed by atoms with van der Waals surface area (Å²) in [7, 11) is 0. The van der Waals surface area contributed by atoms with Gasteiger partial charge < -0.3 is 20.1 Å². The van der Waals surface area contributed by atoms with Gasteiger partial charge in [-0.15, -0.1) is 0 Å². The highest BCUT2D eigenvalue weighted by Crippen LogP contribution is 2.26. The van der Waals surface area contributed by atoms with Gasteiger partial charge in [-0.2, -0.15) is 0 Å². The Labute approximate surface area is 152 Å². The summed E-state index contributed by atoms with van der Waals surface area (Å²) >= 11 is 0. The number of nitrogens with zero attached hydrogens (tertiary/aromatic N) is 2. The van der Waals surface area contributed by atoms with Crippen LogP contribution in [0.3, 0.4) is 0 Å². The van der Waals surface area contributed by atoms with Gasteiger partial charge in [0.15, 0.2) is 0 Å². The van der Waals surface area contributed by atoms with E-state index in [1.54, 1.807) is 13.8 Å². The van der Waals surface area contributed by atoms with Crippen LogP contribution in [-0.4, -0.2) is 30.1 Å². The summed E-state index contributed by atoms with van der Waals surface area (Å²) in [6.07, 6.45) is 2.42. The highest BCUT2D eigenvalue weighted by atomic mass is 16.5. The SMILES string of the molecule is Cc1cc(NC(=O)C(=O)NCc2c(C)noc2C)ccc1N1CCCC1. The second-order valence-electron chi connectivity index (χ2n) is 6.63. The maximum absolute atomic E-state index is 12.1. The average Bonchev–Trinajstić information content (AvgIpc) is 3.24. The molecule has 1 aliphatic rings. The third kappa shape index (κ3) is 3.87. The van der Waals surface area contributed by atoms with Crippen LogP contribution in [0.25, 0.3) is 0 Å². The highest BCUT2D eigenvalue weighted by Gasteiger charge is 2.18. The number of amides is 2. The molecule has 1 aromatic carbocycles. The number of carbonyl (C=O) groups excluding carboxylic acids is 2. The van der Waals surface area contributed by atoms with E-state index < -0.39 is 11.8 Å². The second-order valence-corrected chi connectivity index (χ2v) is 6.63. The number of hydrogen-bond acceptors (Lipinski definition) is 5. The molecule has 0 saturated carbocycles. The molecule has 2 N–H and O–H groups in total. The maximum Gasteiger partial charge on any atom is 0.313 e. The zero-order valence-electron chi connectivity index (χ0n) is 15.4. The Hall–Kier alpha value is -2.83. The minimum absolute atomic E-state index is 0.209. The van der Waals surface area contributed by atoms with Gasteiger partial charge in [0.2, 0.25) is 0 Å². The summed E-state index contributed by atoms with van der Waals surface area (Å²) < 4.78 is 5.04. The smallest absolute Gasteiger partial charge is 0.313 e. The van der Waals surface area contributed by atoms with Crippen LogP contribution >= 0.6 is 0 Å². The zero-order valence-corrected chi connectivity index (χ0v) is 15.4. The molecule has 138 valence electrons. The molecule has 7 heteroatoms. The van der Waals surface area contributed by atoms with Gasteiger partial charge in [0.25, 0.3) is 0 Å². The fourth-order valence-electron chi connectivity index (χ4n) is 3.24. The molecule has 7 nitrogen and oxygen atoms in total. The van der Waals surface area contributed by atoms with Gasteiger partial charge in [0.1, 0.15) is 5.76 Å². The number of nitrogens with one attached hydrogen (secondary N) is 2. The summed E-state index contributed by atoms with van der Waals surface area (Å²) in [5.41, 5.74) is 4.38. The molecule has 2 aromatic rings. The number of hydrogen-bond donors (Lipinski definition) is 2. The van der Waals surface area contributed by atoms with Crippen molar-refractivity contribution in [3.63, 3.8) is 0 Å². The third-order valence-corrected chi connectivity index (χ3v) is 4.71. The number of anilines is 2. The predicted molar refractivity (Wildman–Crippen MR) is 99.1 cm³/mol. The molecular weight excluding hydrogens is 332 g/mol. The van der Waals surface area contributed by atoms with Crippen molar-refractivity contribution in [1.82, 2.24) is 10.5 Å². The van der Waals surface area contributed by atoms with Gasteiger partial charge in [-0.05, 0) is 57.4 Å². The average molecular weight is 356 g/mol. The number of carbonyl (C=O) groups is 2. The van der Waals surface area contributed by atoms with Crippen molar-refractivity contribution in [3.05, 3.63) is 40.8 Å². The van der Waals surface area contributed by atoms with Crippen molar-refractivity contribution in [2.45, 2.75) is 40.2 Å². The molecule has 1 fully saturated rings. The Morgan fingerprint density at radius 3 is 2.50 bits per heavy atom. The van der Waals surface area contributed by atoms with Crippen LogP contribution in [0.15, 0.2) is 22.7 Å². The van der Waals surface area contributed by atoms with Crippen LogP contribution in [0.2, 0.25) is 0 Å². The summed E-state index contributed by atoms with van der Waals surface area (Å²) in [6.45, 7) is 7.92. The quantitative estimate of drug-likeness (QED) is 0.822. The first-order valence-electron chi connectivity index (χ1n) is 8.82. The molecule has 0 radical (unpaired) electrons. The van der Waals surface area contributed by atoms with Crippen molar-refractivity contribution in [3.8, 4) is 0 Å². The number of aryl methyl sites for hydroxylation is 3. The van der Waals surface area contributed by atoms with E-state index in [1.807, 2.05) is 25.1 Å². The Balaban J connectivity index is 1.58. The molecule has 2 heterocycles. The van der Waals surface area contributed by atoms with E-state index in [1.165, 1.54) is 18.5 Å². The fourth-order valence-corrected chi connectivity index (χ4v) is 3.24. The van der Waals surface area contributed by atoms with E-state index in [9.17, 15) is 9.59 Å². The molecular formula is C19H24N4O3. The Bertz CT molecular complexity index is 803. The maximum atomic E-state index is 12.1. The topological polar surface area (TPSA) is 87.5 Å². The molecule has 1 aromatic heterocycles. The van der Waals surface area contributed by atoms with Crippen molar-refractivity contribution >= 4 is 23.2 Å². The largest absolute Gasteiger partial charge is 0.371 e. The van der Waals surface area contributed by atoms with E-state index in [-0.39, 0.29) is 6.54 Å². The van der Waals surface area contributed by atoms with Gasteiger partial charge >= 0.3 is 11.8 Å². The van der Waals surface area contributed by atoms with Crippen LogP contribution < -0.4 is 15.5 Å². The molecule has 0 atom stereocenters. The summed E-state index contributed by atoms with van der Waals surface area (Å²) in [6, 6.07) is 5.73. The lowest BCUT2D eigenvalue weighted by atomic mass is 10.1. The van der Waals surface area contributed by atoms with Crippen LogP contribution in [-0.2, 0) is 16.1 Å². The van der Waals surface area contributed by atoms with Crippen LogP contribution in [0.5, 0.6) is 0 Å². The van der Waals surface area contributed by atoms with Gasteiger partial charge in [-0.25, -0.2) is 0 Å². The first-order chi connectivity index (χ1) is 12.5. The first kappa shape index (κ1) is 18.0. The first-order valence-corrected chi connectivity index (χ1v) is 8.82. The summed E-state index contributed by atoms with van der Waals surface area (Å²) in [4.78, 5) is 26.5. The molecule has 0 unspecified atom stereocenters. The Morgan fingerprint density at radius 1 is 1.15 bits per heavy atom. The van der Waals surface area contributed by atoms with Gasteiger partial charge in [-0.1, -0.05) is 5.16 Å². The standard InChI is InChI=1S/C19H24N4O3/c1-12-10-15(6-7-17(12)23-8-4-5-9-23)21-19(25)18(24)20-11-16-13(2)22-26-14(16)3/h6-7,10H,4-5,8-9,11H2,1-3H3,(H,20,24)(H,21,25). The number of rotatable bonds is 4. The third-order valence-electron chi connectivity index (χ3n) is 4.71. The lowest BCUT2D eigenvalue weighted by molar-refractivity contribution is -0.136. The van der Waals surface area contributed by atoms with Crippen LogP contribution in [0.4, 0.5) is 11.4 Å². The van der Waals surface area contributed by atoms with E-state index in [4.69, 9.17) is 4.52 Å². The lowest BCUT2D eigenvalue weighted by Crippen LogP contribution is -2.35. The van der Waals surface area contributed by atoms with Crippen molar-refractivity contribution in [2.75, 3.05) is 23.3 Å². The highest BCUT2D eigenvalue weighted by molar-refractivity contribution is 6.39. The normalized spacial score (nSPS) is 13.7. The van der Waals surface area contributed by atoms with Crippen LogP contribution in [0, 0.1) is 20.8 Å². The molecule has 0 bridgehead atoms. The molecule has 0 spiro atoms. The fraction of sp³-hybridized carbons (Fsp3) is 0.421. The molecule has 1 saturated heterocycles. The summed E-state index contributed by atoms with van der Waals surface area (Å²) in [5, 5.41) is 9.08. The van der Waals surface area contributed by atoms with Gasteiger partial charge in [0, 0.05) is 36.6 Å². The molecule has 26 heavy (non-hydrogen) atoms. The monoisotopic (exact) mass is 356 g/mol. The molecule has 3 rings (SSSR count). The molecule has 1 aliphatic heterocycles. The minimum Gasteiger partial charge on any atom is -0.371 e. The Kier molecular flexibility index (Phi) is 5.25. The van der Waals surface area contributed by atoms with E-state index in [0.29, 0.717) is 17.1 Å². The van der Waals surface area contributed by atoms with E-state index in [2.05, 4.69) is 20.7 Å². The van der Waals surface area contributed by atoms with Gasteiger partial charge in [-0.3, -0.25) is 9.59 Å². The van der Waals surface area contributed by atoms with Crippen molar-refractivity contribution in [2.24, 2.45) is 0 Å². The van der Waals surface area contributed by atoms with E-state index >= 15 is 0 Å². The summed E-state index contributed by atoms with van der Waals surface area (Å²) in [5.74, 6) is -0.743. The van der Waals surface area contributed by atoms with E-state index in [0.717, 1.165) is 24.2 Å².